The van der Waals surface area contributed by atoms with Crippen LogP contribution < -0.4 is 0 Å². The summed E-state index contributed by atoms with van der Waals surface area (Å²) in [5.41, 5.74) is 0.751. The van der Waals surface area contributed by atoms with Gasteiger partial charge < -0.3 is 9.52 Å². The molecular weight excluding hydrogens is 260 g/mol. The van der Waals surface area contributed by atoms with Gasteiger partial charge in [-0.3, -0.25) is 4.79 Å². The van der Waals surface area contributed by atoms with Crippen LogP contribution in [0, 0.1) is 18.8 Å². The lowest BCUT2D eigenvalue weighted by molar-refractivity contribution is -0.142. The zero-order valence-electron chi connectivity index (χ0n) is 11.8. The molecule has 0 aromatic carbocycles. The minimum atomic E-state index is -0.830. The van der Waals surface area contributed by atoms with Crippen molar-refractivity contribution in [3.8, 4) is 11.4 Å². The van der Waals surface area contributed by atoms with Gasteiger partial charge in [0.05, 0.1) is 18.0 Å². The average Bonchev–Trinajstić information content (AvgIpc) is 2.96. The Hall–Kier alpha value is -2.18. The molecule has 0 aliphatic rings. The lowest BCUT2D eigenvalue weighted by Gasteiger charge is -2.14. The van der Waals surface area contributed by atoms with Crippen LogP contribution in [0.25, 0.3) is 11.4 Å². The van der Waals surface area contributed by atoms with Crippen LogP contribution in [0.1, 0.15) is 26.0 Å². The normalized spacial score (nSPS) is 12.8. The van der Waals surface area contributed by atoms with Gasteiger partial charge in [-0.1, -0.05) is 13.8 Å². The van der Waals surface area contributed by atoms with E-state index >= 15 is 0 Å². The fraction of sp³-hybridized carbons (Fsp3) is 0.538. The van der Waals surface area contributed by atoms with E-state index in [4.69, 9.17) is 4.42 Å². The Bertz CT molecular complexity index is 588. The molecule has 1 unspecified atom stereocenters. The third-order valence-electron chi connectivity index (χ3n) is 3.02. The van der Waals surface area contributed by atoms with Crippen LogP contribution in [0.5, 0.6) is 0 Å². The molecule has 7 heteroatoms. The number of rotatable bonds is 6. The summed E-state index contributed by atoms with van der Waals surface area (Å²) in [5, 5.41) is 20.7. The minimum Gasteiger partial charge on any atom is -0.481 e. The molecule has 20 heavy (non-hydrogen) atoms. The summed E-state index contributed by atoms with van der Waals surface area (Å²) in [7, 11) is 0. The van der Waals surface area contributed by atoms with Crippen molar-refractivity contribution in [2.75, 3.05) is 0 Å². The van der Waals surface area contributed by atoms with Gasteiger partial charge in [-0.05, 0) is 35.8 Å². The van der Waals surface area contributed by atoms with Crippen LogP contribution >= 0.6 is 0 Å². The van der Waals surface area contributed by atoms with E-state index in [-0.39, 0.29) is 6.54 Å². The summed E-state index contributed by atoms with van der Waals surface area (Å²) in [6, 6.07) is 1.82. The number of aromatic nitrogens is 4. The zero-order valence-corrected chi connectivity index (χ0v) is 11.8. The van der Waals surface area contributed by atoms with E-state index in [9.17, 15) is 9.90 Å². The van der Waals surface area contributed by atoms with Gasteiger partial charge >= 0.3 is 5.97 Å². The van der Waals surface area contributed by atoms with Gasteiger partial charge in [0, 0.05) is 0 Å². The highest BCUT2D eigenvalue weighted by molar-refractivity contribution is 5.70. The van der Waals surface area contributed by atoms with Gasteiger partial charge in [0.15, 0.2) is 5.82 Å². The van der Waals surface area contributed by atoms with Crippen molar-refractivity contribution in [2.45, 2.75) is 33.7 Å². The van der Waals surface area contributed by atoms with Crippen LogP contribution in [-0.2, 0) is 11.3 Å². The number of tetrazole rings is 1. The summed E-state index contributed by atoms with van der Waals surface area (Å²) in [6.45, 7) is 6.07. The molecule has 108 valence electrons. The Morgan fingerprint density at radius 3 is 2.80 bits per heavy atom. The number of nitrogens with zero attached hydrogens (tertiary/aromatic N) is 4. The van der Waals surface area contributed by atoms with Crippen molar-refractivity contribution in [1.82, 2.24) is 20.2 Å². The van der Waals surface area contributed by atoms with Crippen LogP contribution in [0.2, 0.25) is 0 Å². The molecule has 0 bridgehead atoms. The number of carboxylic acid groups (broad SMARTS) is 1. The van der Waals surface area contributed by atoms with E-state index < -0.39 is 11.9 Å². The summed E-state index contributed by atoms with van der Waals surface area (Å²) in [5.74, 6) is 0.240. The molecule has 0 fully saturated rings. The monoisotopic (exact) mass is 278 g/mol. The number of hydrogen-bond donors (Lipinski definition) is 1. The number of aryl methyl sites for hydroxylation is 1. The summed E-state index contributed by atoms with van der Waals surface area (Å²) >= 11 is 0. The van der Waals surface area contributed by atoms with Crippen molar-refractivity contribution in [1.29, 1.82) is 0 Å². The first-order valence-corrected chi connectivity index (χ1v) is 6.52. The van der Waals surface area contributed by atoms with Gasteiger partial charge in [0.1, 0.15) is 12.0 Å². The molecule has 2 aromatic rings. The maximum atomic E-state index is 11.3. The van der Waals surface area contributed by atoms with Crippen LogP contribution in [0.15, 0.2) is 16.7 Å². The number of hydrogen-bond acceptors (Lipinski definition) is 5. The van der Waals surface area contributed by atoms with E-state index in [1.54, 1.807) is 6.26 Å². The van der Waals surface area contributed by atoms with E-state index in [2.05, 4.69) is 15.5 Å². The molecule has 1 atom stereocenters. The molecule has 0 spiro atoms. The van der Waals surface area contributed by atoms with Gasteiger partial charge in [-0.15, -0.1) is 5.10 Å². The fourth-order valence-corrected chi connectivity index (χ4v) is 2.13. The Labute approximate surface area is 116 Å². The van der Waals surface area contributed by atoms with Crippen molar-refractivity contribution in [2.24, 2.45) is 11.8 Å². The predicted octanol–water partition coefficient (Wildman–Crippen LogP) is 1.99. The molecule has 0 aliphatic carbocycles. The predicted molar refractivity (Wildman–Crippen MR) is 70.8 cm³/mol. The van der Waals surface area contributed by atoms with Gasteiger partial charge in [0.2, 0.25) is 0 Å². The standard InChI is InChI=1S/C13H18N4O3/c1-8(2)4-10(13(18)19)6-17-12(14-15-16-17)11-5-9(3)20-7-11/h5,7-8,10H,4,6H2,1-3H3,(H,18,19). The highest BCUT2D eigenvalue weighted by Crippen LogP contribution is 2.21. The molecule has 1 N–H and O–H groups in total. The van der Waals surface area contributed by atoms with Crippen LogP contribution in [-0.4, -0.2) is 31.3 Å². The van der Waals surface area contributed by atoms with E-state index in [1.165, 1.54) is 4.68 Å². The third-order valence-corrected chi connectivity index (χ3v) is 3.02. The van der Waals surface area contributed by atoms with Crippen molar-refractivity contribution < 1.29 is 14.3 Å². The first-order valence-electron chi connectivity index (χ1n) is 6.52. The maximum absolute atomic E-state index is 11.3. The zero-order chi connectivity index (χ0) is 14.7. The Kier molecular flexibility index (Phi) is 4.16. The number of carbonyl (C=O) groups is 1. The lowest BCUT2D eigenvalue weighted by Crippen LogP contribution is -2.23. The average molecular weight is 278 g/mol. The van der Waals surface area contributed by atoms with Crippen molar-refractivity contribution >= 4 is 5.97 Å². The third kappa shape index (κ3) is 3.23. The Balaban J connectivity index is 2.21. The van der Waals surface area contributed by atoms with E-state index in [0.717, 1.165) is 11.3 Å². The van der Waals surface area contributed by atoms with E-state index in [0.29, 0.717) is 18.2 Å². The molecule has 2 aromatic heterocycles. The quantitative estimate of drug-likeness (QED) is 0.868. The molecule has 2 rings (SSSR count). The number of carboxylic acids is 1. The van der Waals surface area contributed by atoms with Gasteiger partial charge in [-0.25, -0.2) is 4.68 Å². The largest absolute Gasteiger partial charge is 0.481 e. The summed E-state index contributed by atoms with van der Waals surface area (Å²) in [4.78, 5) is 11.3. The Morgan fingerprint density at radius 1 is 1.50 bits per heavy atom. The lowest BCUT2D eigenvalue weighted by atomic mass is 9.97. The second kappa shape index (κ2) is 5.85. The molecular formula is C13H18N4O3. The topological polar surface area (TPSA) is 94.0 Å². The van der Waals surface area contributed by atoms with Gasteiger partial charge in [-0.2, -0.15) is 0 Å². The molecule has 7 nitrogen and oxygen atoms in total. The minimum absolute atomic E-state index is 0.250. The van der Waals surface area contributed by atoms with Crippen molar-refractivity contribution in [3.05, 3.63) is 18.1 Å². The van der Waals surface area contributed by atoms with Gasteiger partial charge in [0.25, 0.3) is 0 Å². The maximum Gasteiger partial charge on any atom is 0.308 e. The molecule has 0 saturated heterocycles. The van der Waals surface area contributed by atoms with Crippen molar-refractivity contribution in [3.63, 3.8) is 0 Å². The molecule has 0 aliphatic heterocycles. The SMILES string of the molecule is Cc1cc(-c2nnnn2CC(CC(C)C)C(=O)O)co1. The fourth-order valence-electron chi connectivity index (χ4n) is 2.13. The molecule has 0 radical (unpaired) electrons. The second-order valence-corrected chi connectivity index (χ2v) is 5.30. The van der Waals surface area contributed by atoms with E-state index in [1.807, 2.05) is 26.8 Å². The van der Waals surface area contributed by atoms with Crippen LogP contribution in [0.4, 0.5) is 0 Å². The second-order valence-electron chi connectivity index (χ2n) is 5.30. The highest BCUT2D eigenvalue weighted by atomic mass is 16.4. The first-order chi connectivity index (χ1) is 9.47. The molecule has 2 heterocycles. The first kappa shape index (κ1) is 14.2. The molecule has 0 saturated carbocycles. The summed E-state index contributed by atoms with van der Waals surface area (Å²) < 4.78 is 6.75. The van der Waals surface area contributed by atoms with Crippen LogP contribution in [0.3, 0.4) is 0 Å². The highest BCUT2D eigenvalue weighted by Gasteiger charge is 2.22. The molecule has 0 amide bonds. The summed E-state index contributed by atoms with van der Waals surface area (Å²) in [6.07, 6.45) is 2.15. The number of aliphatic carboxylic acids is 1. The Morgan fingerprint density at radius 2 is 2.25 bits per heavy atom. The number of furan rings is 1. The smallest absolute Gasteiger partial charge is 0.308 e.